The summed E-state index contributed by atoms with van der Waals surface area (Å²) in [7, 11) is 0. The van der Waals surface area contributed by atoms with Gasteiger partial charge in [-0.3, -0.25) is 0 Å². The number of carbonyl (C=O) groups is 1. The number of halogens is 2. The molecule has 0 saturated heterocycles. The van der Waals surface area contributed by atoms with Gasteiger partial charge in [0.05, 0.1) is 27.1 Å². The van der Waals surface area contributed by atoms with Crippen molar-refractivity contribution >= 4 is 57.2 Å². The SMILES string of the molecule is Cc1cc2c3c(cc(C(=O)O)c2o1)NC(Nc1c(Cl)cccc1Cl)N3. The first-order chi connectivity index (χ1) is 11.9. The summed E-state index contributed by atoms with van der Waals surface area (Å²) >= 11 is 12.4. The third-order valence-corrected chi connectivity index (χ3v) is 4.63. The van der Waals surface area contributed by atoms with Gasteiger partial charge in [0.15, 0.2) is 11.9 Å². The number of nitrogens with one attached hydrogen (secondary N) is 3. The molecular formula is C17H13Cl2N3O3. The van der Waals surface area contributed by atoms with Crippen LogP contribution in [0.4, 0.5) is 17.1 Å². The van der Waals surface area contributed by atoms with Crippen molar-refractivity contribution in [2.45, 2.75) is 13.2 Å². The third kappa shape index (κ3) is 2.63. The summed E-state index contributed by atoms with van der Waals surface area (Å²) in [6, 6.07) is 8.58. The molecule has 0 amide bonds. The van der Waals surface area contributed by atoms with E-state index in [1.807, 2.05) is 0 Å². The van der Waals surface area contributed by atoms with Crippen molar-refractivity contribution < 1.29 is 14.3 Å². The van der Waals surface area contributed by atoms with Gasteiger partial charge in [0.2, 0.25) is 0 Å². The Bertz CT molecular complexity index is 996. The van der Waals surface area contributed by atoms with Crippen molar-refractivity contribution in [3.8, 4) is 0 Å². The number of benzene rings is 2. The van der Waals surface area contributed by atoms with Gasteiger partial charge in [0, 0.05) is 5.39 Å². The van der Waals surface area contributed by atoms with Crippen molar-refractivity contribution in [1.29, 1.82) is 0 Å². The summed E-state index contributed by atoms with van der Waals surface area (Å²) in [6.07, 6.45) is -0.408. The van der Waals surface area contributed by atoms with Crippen LogP contribution >= 0.6 is 23.2 Å². The molecule has 1 atom stereocenters. The van der Waals surface area contributed by atoms with Gasteiger partial charge in [0.1, 0.15) is 11.3 Å². The van der Waals surface area contributed by atoms with Gasteiger partial charge in [-0.1, -0.05) is 29.3 Å². The molecule has 3 aromatic rings. The van der Waals surface area contributed by atoms with Crippen molar-refractivity contribution in [2.24, 2.45) is 0 Å². The first kappa shape index (κ1) is 15.9. The first-order valence-corrected chi connectivity index (χ1v) is 8.23. The van der Waals surface area contributed by atoms with Crippen LogP contribution in [0.3, 0.4) is 0 Å². The maximum Gasteiger partial charge on any atom is 0.339 e. The summed E-state index contributed by atoms with van der Waals surface area (Å²) in [4.78, 5) is 11.5. The molecule has 2 heterocycles. The molecule has 4 rings (SSSR count). The lowest BCUT2D eigenvalue weighted by Gasteiger charge is -2.17. The Morgan fingerprint density at radius 3 is 2.64 bits per heavy atom. The number of para-hydroxylation sites is 1. The zero-order valence-electron chi connectivity index (χ0n) is 13.0. The number of hydrogen-bond acceptors (Lipinski definition) is 5. The lowest BCUT2D eigenvalue weighted by Crippen LogP contribution is -2.31. The molecule has 8 heteroatoms. The van der Waals surface area contributed by atoms with Gasteiger partial charge < -0.3 is 25.5 Å². The van der Waals surface area contributed by atoms with E-state index in [0.29, 0.717) is 38.1 Å². The summed E-state index contributed by atoms with van der Waals surface area (Å²) in [5.41, 5.74) is 2.45. The largest absolute Gasteiger partial charge is 0.478 e. The van der Waals surface area contributed by atoms with E-state index in [0.717, 1.165) is 5.69 Å². The molecule has 1 aromatic heterocycles. The fraction of sp³-hybridized carbons (Fsp3) is 0.118. The van der Waals surface area contributed by atoms with E-state index in [1.165, 1.54) is 0 Å². The van der Waals surface area contributed by atoms with Crippen LogP contribution in [0.5, 0.6) is 0 Å². The fourth-order valence-corrected chi connectivity index (χ4v) is 3.45. The van der Waals surface area contributed by atoms with E-state index in [-0.39, 0.29) is 5.56 Å². The van der Waals surface area contributed by atoms with Gasteiger partial charge in [-0.2, -0.15) is 0 Å². The topological polar surface area (TPSA) is 86.5 Å². The maximum atomic E-state index is 11.5. The van der Waals surface area contributed by atoms with Crippen LogP contribution in [0.15, 0.2) is 34.7 Å². The molecule has 128 valence electrons. The van der Waals surface area contributed by atoms with Gasteiger partial charge in [-0.05, 0) is 31.2 Å². The number of fused-ring (bicyclic) bond motifs is 3. The molecule has 6 nitrogen and oxygen atoms in total. The number of anilines is 3. The Morgan fingerprint density at radius 2 is 1.96 bits per heavy atom. The zero-order chi connectivity index (χ0) is 17.7. The highest BCUT2D eigenvalue weighted by Crippen LogP contribution is 2.41. The van der Waals surface area contributed by atoms with Crippen LogP contribution in [0.25, 0.3) is 11.0 Å². The predicted molar refractivity (Wildman–Crippen MR) is 99.0 cm³/mol. The average molecular weight is 378 g/mol. The molecule has 0 aliphatic carbocycles. The van der Waals surface area contributed by atoms with Crippen LogP contribution in [0.1, 0.15) is 16.1 Å². The molecule has 0 radical (unpaired) electrons. The molecule has 0 saturated carbocycles. The van der Waals surface area contributed by atoms with E-state index >= 15 is 0 Å². The number of carboxylic acids is 1. The second kappa shape index (κ2) is 5.75. The quantitative estimate of drug-likeness (QED) is 0.514. The Labute approximate surface area is 152 Å². The summed E-state index contributed by atoms with van der Waals surface area (Å²) in [5.74, 6) is -0.409. The zero-order valence-corrected chi connectivity index (χ0v) is 14.5. The summed E-state index contributed by atoms with van der Waals surface area (Å²) in [5, 5.41) is 20.8. The van der Waals surface area contributed by atoms with Crippen LogP contribution < -0.4 is 16.0 Å². The van der Waals surface area contributed by atoms with Crippen molar-refractivity contribution in [3.05, 3.63) is 51.7 Å². The minimum Gasteiger partial charge on any atom is -0.478 e. The van der Waals surface area contributed by atoms with E-state index in [2.05, 4.69) is 16.0 Å². The Kier molecular flexibility index (Phi) is 3.67. The lowest BCUT2D eigenvalue weighted by atomic mass is 10.1. The van der Waals surface area contributed by atoms with Crippen molar-refractivity contribution in [2.75, 3.05) is 16.0 Å². The second-order valence-electron chi connectivity index (χ2n) is 5.71. The predicted octanol–water partition coefficient (Wildman–Crippen LogP) is 4.98. The van der Waals surface area contributed by atoms with Crippen molar-refractivity contribution in [3.63, 3.8) is 0 Å². The Morgan fingerprint density at radius 1 is 1.24 bits per heavy atom. The summed E-state index contributed by atoms with van der Waals surface area (Å²) < 4.78 is 5.57. The van der Waals surface area contributed by atoms with E-state index in [9.17, 15) is 9.90 Å². The van der Waals surface area contributed by atoms with Crippen LogP contribution in [-0.4, -0.2) is 17.4 Å². The number of hydrogen-bond donors (Lipinski definition) is 4. The maximum absolute atomic E-state index is 11.5. The molecule has 1 unspecified atom stereocenters. The van der Waals surface area contributed by atoms with Gasteiger partial charge >= 0.3 is 5.97 Å². The minimum atomic E-state index is -1.05. The van der Waals surface area contributed by atoms with E-state index < -0.39 is 12.3 Å². The number of rotatable bonds is 3. The third-order valence-electron chi connectivity index (χ3n) is 4.00. The van der Waals surface area contributed by atoms with Gasteiger partial charge in [0.25, 0.3) is 0 Å². The lowest BCUT2D eigenvalue weighted by molar-refractivity contribution is 0.0698. The molecular weight excluding hydrogens is 365 g/mol. The van der Waals surface area contributed by atoms with E-state index in [4.69, 9.17) is 27.6 Å². The van der Waals surface area contributed by atoms with Gasteiger partial charge in [-0.15, -0.1) is 0 Å². The highest BCUT2D eigenvalue weighted by molar-refractivity contribution is 6.39. The van der Waals surface area contributed by atoms with E-state index in [1.54, 1.807) is 37.3 Å². The molecule has 4 N–H and O–H groups in total. The highest BCUT2D eigenvalue weighted by atomic mass is 35.5. The number of aryl methyl sites for hydroxylation is 1. The molecule has 0 spiro atoms. The van der Waals surface area contributed by atoms with Crippen LogP contribution in [-0.2, 0) is 0 Å². The standard InChI is InChI=1S/C17H13Cl2N3O3/c1-7-5-8-13-12(6-9(16(23)24)15(8)25-7)20-17(21-13)22-14-10(18)3-2-4-11(14)19/h2-6,17,20-22H,1H3,(H,23,24). The molecule has 0 bridgehead atoms. The minimum absolute atomic E-state index is 0.104. The first-order valence-electron chi connectivity index (χ1n) is 7.48. The fourth-order valence-electron chi connectivity index (χ4n) is 2.94. The second-order valence-corrected chi connectivity index (χ2v) is 6.53. The number of carboxylic acid groups (broad SMARTS) is 1. The molecule has 0 fully saturated rings. The molecule has 2 aromatic carbocycles. The van der Waals surface area contributed by atoms with Crippen molar-refractivity contribution in [1.82, 2.24) is 0 Å². The normalized spacial score (nSPS) is 15.6. The smallest absolute Gasteiger partial charge is 0.339 e. The van der Waals surface area contributed by atoms with Gasteiger partial charge in [-0.25, -0.2) is 4.79 Å². The van der Waals surface area contributed by atoms with Crippen LogP contribution in [0.2, 0.25) is 10.0 Å². The highest BCUT2D eigenvalue weighted by Gasteiger charge is 2.27. The summed E-state index contributed by atoms with van der Waals surface area (Å²) in [6.45, 7) is 1.78. The van der Waals surface area contributed by atoms with Crippen LogP contribution in [0, 0.1) is 6.92 Å². The number of aromatic carboxylic acids is 1. The molecule has 1 aliphatic rings. The molecule has 1 aliphatic heterocycles. The Balaban J connectivity index is 1.73. The molecule has 25 heavy (non-hydrogen) atoms. The number of furan rings is 1. The Hall–Kier alpha value is -2.57. The average Bonchev–Trinajstić information content (AvgIpc) is 3.12. The monoisotopic (exact) mass is 377 g/mol.